The van der Waals surface area contributed by atoms with E-state index < -0.39 is 0 Å². The highest BCUT2D eigenvalue weighted by atomic mass is 31.1. The maximum Gasteiger partial charge on any atom is 0.252 e. The van der Waals surface area contributed by atoms with Gasteiger partial charge >= 0.3 is 0 Å². The fraction of sp³-hybridized carbons (Fsp3) is 1.00. The van der Waals surface area contributed by atoms with Crippen molar-refractivity contribution in [2.24, 2.45) is 0 Å². The molecule has 0 fully saturated rings. The van der Waals surface area contributed by atoms with E-state index in [1.165, 1.54) is 19.0 Å². The molecule has 0 rings (SSSR count). The van der Waals surface area contributed by atoms with Crippen LogP contribution in [0.25, 0.3) is 0 Å². The summed E-state index contributed by atoms with van der Waals surface area (Å²) < 4.78 is 4.68. The molecule has 41 valence electrons. The maximum atomic E-state index is 4.68. The van der Waals surface area contributed by atoms with E-state index in [4.69, 9.17) is 0 Å². The van der Waals surface area contributed by atoms with Crippen molar-refractivity contribution < 1.29 is 4.21 Å². The third-order valence-corrected chi connectivity index (χ3v) is 1.84. The van der Waals surface area contributed by atoms with E-state index in [0.717, 1.165) is 0 Å². The minimum atomic E-state index is 0.635. The molecule has 0 bridgehead atoms. The molecule has 0 aromatic rings. The van der Waals surface area contributed by atoms with Gasteiger partial charge in [0.15, 0.2) is 0 Å². The van der Waals surface area contributed by atoms with Crippen LogP contribution in [0.4, 0.5) is 0 Å². The molecule has 3 radical (unpaired) electrons. The van der Waals surface area contributed by atoms with Crippen molar-refractivity contribution in [2.45, 2.75) is 19.8 Å². The summed E-state index contributed by atoms with van der Waals surface area (Å²) in [5, 5.41) is 0. The smallest absolute Gasteiger partial charge is 0.252 e. The minimum Gasteiger partial charge on any atom is -0.400 e. The molecule has 0 saturated heterocycles. The van der Waals surface area contributed by atoms with Crippen LogP contribution in [-0.4, -0.2) is 16.6 Å². The highest BCUT2D eigenvalue weighted by Gasteiger charge is 1.80. The molecule has 0 amide bonds. The lowest BCUT2D eigenvalue weighted by Crippen LogP contribution is -1.74. The standard InChI is InChI=1S/C4H10OPSi/c1-2-3-4-6-5-7/h6H,2-4H2,1H3. The highest BCUT2D eigenvalue weighted by Crippen LogP contribution is 2.10. The molecule has 3 heteroatoms. The van der Waals surface area contributed by atoms with Crippen molar-refractivity contribution in [1.29, 1.82) is 0 Å². The Kier molecular flexibility index (Phi) is 7.18. The monoisotopic (exact) mass is 133 g/mol. The fourth-order valence-corrected chi connectivity index (χ4v) is 1.21. The Morgan fingerprint density at radius 3 is 2.86 bits per heavy atom. The average molecular weight is 133 g/mol. The molecular weight excluding hydrogens is 123 g/mol. The second-order valence-electron chi connectivity index (χ2n) is 1.35. The summed E-state index contributed by atoms with van der Waals surface area (Å²) in [5.74, 6) is 0. The summed E-state index contributed by atoms with van der Waals surface area (Å²) in [7, 11) is 3.57. The zero-order chi connectivity index (χ0) is 5.54. The zero-order valence-electron chi connectivity index (χ0n) is 4.53. The van der Waals surface area contributed by atoms with Crippen LogP contribution in [-0.2, 0) is 4.21 Å². The highest BCUT2D eigenvalue weighted by molar-refractivity contribution is 7.33. The Balaban J connectivity index is 2.45. The van der Waals surface area contributed by atoms with E-state index in [0.29, 0.717) is 8.81 Å². The maximum absolute atomic E-state index is 4.68. The molecule has 0 aliphatic heterocycles. The molecule has 0 aliphatic rings. The van der Waals surface area contributed by atoms with Crippen LogP contribution in [0.15, 0.2) is 0 Å². The van der Waals surface area contributed by atoms with Gasteiger partial charge in [-0.2, -0.15) is 0 Å². The Bertz CT molecular complexity index is 30.9. The molecule has 1 atom stereocenters. The lowest BCUT2D eigenvalue weighted by atomic mass is 10.4. The van der Waals surface area contributed by atoms with Crippen molar-refractivity contribution in [3.05, 3.63) is 0 Å². The van der Waals surface area contributed by atoms with E-state index in [1.807, 2.05) is 0 Å². The van der Waals surface area contributed by atoms with Crippen molar-refractivity contribution in [3.63, 3.8) is 0 Å². The van der Waals surface area contributed by atoms with E-state index in [9.17, 15) is 0 Å². The van der Waals surface area contributed by atoms with Gasteiger partial charge in [-0.05, 0) is 21.4 Å². The molecule has 0 heterocycles. The fourth-order valence-electron chi connectivity index (χ4n) is 0.300. The first-order valence-corrected chi connectivity index (χ1v) is 3.99. The Hall–Kier alpha value is 0.607. The molecule has 0 spiro atoms. The van der Waals surface area contributed by atoms with Gasteiger partial charge in [0, 0.05) is 0 Å². The lowest BCUT2D eigenvalue weighted by molar-refractivity contribution is 0.698. The van der Waals surface area contributed by atoms with Gasteiger partial charge < -0.3 is 4.21 Å². The van der Waals surface area contributed by atoms with Crippen molar-refractivity contribution in [2.75, 3.05) is 6.16 Å². The van der Waals surface area contributed by atoms with Crippen molar-refractivity contribution in [3.8, 4) is 0 Å². The van der Waals surface area contributed by atoms with Crippen LogP contribution >= 0.6 is 8.81 Å². The third-order valence-electron chi connectivity index (χ3n) is 0.705. The van der Waals surface area contributed by atoms with Crippen LogP contribution in [0.1, 0.15) is 19.8 Å². The molecule has 0 saturated carbocycles. The van der Waals surface area contributed by atoms with Crippen LogP contribution in [0, 0.1) is 0 Å². The van der Waals surface area contributed by atoms with Gasteiger partial charge in [0.1, 0.15) is 0 Å². The van der Waals surface area contributed by atoms with Crippen molar-refractivity contribution in [1.82, 2.24) is 0 Å². The van der Waals surface area contributed by atoms with Gasteiger partial charge in [-0.3, -0.25) is 0 Å². The molecule has 0 aromatic heterocycles. The molecule has 0 aliphatic carbocycles. The summed E-state index contributed by atoms with van der Waals surface area (Å²) in [5.41, 5.74) is 0. The summed E-state index contributed by atoms with van der Waals surface area (Å²) >= 11 is 0. The molecule has 0 N–H and O–H groups in total. The first-order chi connectivity index (χ1) is 3.41. The Labute approximate surface area is 50.2 Å². The largest absolute Gasteiger partial charge is 0.400 e. The average Bonchev–Trinajstić information content (AvgIpc) is 1.69. The van der Waals surface area contributed by atoms with Gasteiger partial charge in [0.05, 0.1) is 0 Å². The summed E-state index contributed by atoms with van der Waals surface area (Å²) in [4.78, 5) is 0. The summed E-state index contributed by atoms with van der Waals surface area (Å²) in [6.45, 7) is 2.18. The normalized spacial score (nSPS) is 11.1. The van der Waals surface area contributed by atoms with E-state index in [2.05, 4.69) is 21.6 Å². The quantitative estimate of drug-likeness (QED) is 0.320. The second kappa shape index (κ2) is 6.61. The molecule has 7 heavy (non-hydrogen) atoms. The van der Waals surface area contributed by atoms with Crippen molar-refractivity contribution >= 4 is 19.3 Å². The zero-order valence-corrected chi connectivity index (χ0v) is 6.53. The van der Waals surface area contributed by atoms with E-state index >= 15 is 0 Å². The predicted molar refractivity (Wildman–Crippen MR) is 34.9 cm³/mol. The molecule has 1 nitrogen and oxygen atoms in total. The van der Waals surface area contributed by atoms with Gasteiger partial charge in [-0.1, -0.05) is 13.3 Å². The van der Waals surface area contributed by atoms with E-state index in [1.54, 1.807) is 0 Å². The lowest BCUT2D eigenvalue weighted by Gasteiger charge is -1.92. The first-order valence-electron chi connectivity index (χ1n) is 2.47. The SMILES string of the molecule is CCCCPO[Si]. The van der Waals surface area contributed by atoms with Gasteiger partial charge in [0.25, 0.3) is 10.5 Å². The van der Waals surface area contributed by atoms with Crippen LogP contribution in [0.5, 0.6) is 0 Å². The Morgan fingerprint density at radius 2 is 2.43 bits per heavy atom. The number of unbranched alkanes of at least 4 members (excludes halogenated alkanes) is 1. The predicted octanol–water partition coefficient (Wildman–Crippen LogP) is 1.48. The third kappa shape index (κ3) is 6.61. The van der Waals surface area contributed by atoms with Gasteiger partial charge in [-0.15, -0.1) is 0 Å². The number of rotatable bonds is 4. The second-order valence-corrected chi connectivity index (χ2v) is 2.96. The van der Waals surface area contributed by atoms with Gasteiger partial charge in [0.2, 0.25) is 0 Å². The summed E-state index contributed by atoms with van der Waals surface area (Å²) in [6.07, 6.45) is 3.74. The van der Waals surface area contributed by atoms with E-state index in [-0.39, 0.29) is 0 Å². The number of hydrogen-bond acceptors (Lipinski definition) is 1. The van der Waals surface area contributed by atoms with Crippen LogP contribution in [0.3, 0.4) is 0 Å². The van der Waals surface area contributed by atoms with Crippen LogP contribution in [0.2, 0.25) is 0 Å². The minimum absolute atomic E-state index is 0.635. The topological polar surface area (TPSA) is 9.23 Å². The first kappa shape index (κ1) is 7.61. The number of hydrogen-bond donors (Lipinski definition) is 0. The molecule has 0 aromatic carbocycles. The van der Waals surface area contributed by atoms with Gasteiger partial charge in [-0.25, -0.2) is 0 Å². The van der Waals surface area contributed by atoms with Crippen LogP contribution < -0.4 is 0 Å². The Morgan fingerprint density at radius 1 is 1.71 bits per heavy atom. The molecule has 1 unspecified atom stereocenters. The summed E-state index contributed by atoms with van der Waals surface area (Å²) in [6, 6.07) is 0. The molecular formula is C4H10OPSi.